The summed E-state index contributed by atoms with van der Waals surface area (Å²) in [4.78, 5) is 8.85. The van der Waals surface area contributed by atoms with E-state index in [-0.39, 0.29) is 0 Å². The quantitative estimate of drug-likeness (QED) is 0.638. The van der Waals surface area contributed by atoms with Gasteiger partial charge in [-0.3, -0.25) is 9.97 Å². The molecule has 0 spiro atoms. The Kier molecular flexibility index (Phi) is 2.56. The van der Waals surface area contributed by atoms with Gasteiger partial charge in [0.15, 0.2) is 0 Å². The van der Waals surface area contributed by atoms with Crippen molar-refractivity contribution in [2.45, 2.75) is 13.8 Å². The third-order valence-corrected chi connectivity index (χ3v) is 3.19. The van der Waals surface area contributed by atoms with E-state index < -0.39 is 0 Å². The first-order valence-corrected chi connectivity index (χ1v) is 6.03. The van der Waals surface area contributed by atoms with Crippen molar-refractivity contribution >= 4 is 10.8 Å². The Balaban J connectivity index is 2.33. The fourth-order valence-corrected chi connectivity index (χ4v) is 2.24. The van der Waals surface area contributed by atoms with Crippen LogP contribution in [0.4, 0.5) is 0 Å². The van der Waals surface area contributed by atoms with E-state index in [2.05, 4.69) is 34.2 Å². The second-order valence-electron chi connectivity index (χ2n) is 4.49. The second-order valence-corrected chi connectivity index (χ2v) is 4.49. The third kappa shape index (κ3) is 1.76. The normalized spacial score (nSPS) is 10.8. The topological polar surface area (TPSA) is 25.8 Å². The van der Waals surface area contributed by atoms with Crippen LogP contribution >= 0.6 is 0 Å². The summed E-state index contributed by atoms with van der Waals surface area (Å²) in [5.41, 5.74) is 4.38. The largest absolute Gasteiger partial charge is 0.261 e. The lowest BCUT2D eigenvalue weighted by molar-refractivity contribution is 1.19. The van der Waals surface area contributed by atoms with Crippen LogP contribution in [0.25, 0.3) is 21.9 Å². The molecule has 0 amide bonds. The van der Waals surface area contributed by atoms with Crippen molar-refractivity contribution < 1.29 is 0 Å². The SMILES string of the molecule is Cc1ccc(-c2c(C)ncc3ccccc23)cn1. The number of rotatable bonds is 1. The van der Waals surface area contributed by atoms with Crippen molar-refractivity contribution in [3.63, 3.8) is 0 Å². The van der Waals surface area contributed by atoms with E-state index in [0.29, 0.717) is 0 Å². The molecule has 1 aromatic carbocycles. The average Bonchev–Trinajstić information content (AvgIpc) is 2.40. The highest BCUT2D eigenvalue weighted by molar-refractivity contribution is 5.96. The Bertz CT molecular complexity index is 700. The zero-order valence-electron chi connectivity index (χ0n) is 10.5. The number of aryl methyl sites for hydroxylation is 2. The van der Waals surface area contributed by atoms with Crippen LogP contribution in [0, 0.1) is 13.8 Å². The first kappa shape index (κ1) is 10.9. The molecule has 2 heteroatoms. The van der Waals surface area contributed by atoms with Gasteiger partial charge in [0.1, 0.15) is 0 Å². The van der Waals surface area contributed by atoms with E-state index in [9.17, 15) is 0 Å². The Morgan fingerprint density at radius 3 is 2.44 bits per heavy atom. The van der Waals surface area contributed by atoms with E-state index in [0.717, 1.165) is 17.0 Å². The Labute approximate surface area is 106 Å². The molecule has 0 N–H and O–H groups in total. The minimum atomic E-state index is 1.03. The summed E-state index contributed by atoms with van der Waals surface area (Å²) in [5, 5.41) is 2.40. The van der Waals surface area contributed by atoms with Crippen molar-refractivity contribution in [1.29, 1.82) is 0 Å². The van der Waals surface area contributed by atoms with Gasteiger partial charge in [-0.05, 0) is 25.3 Å². The lowest BCUT2D eigenvalue weighted by atomic mass is 9.99. The average molecular weight is 234 g/mol. The molecule has 3 aromatic rings. The molecule has 0 bridgehead atoms. The summed E-state index contributed by atoms with van der Waals surface area (Å²) in [6, 6.07) is 12.5. The maximum Gasteiger partial charge on any atom is 0.0457 e. The predicted molar refractivity (Wildman–Crippen MR) is 74.4 cm³/mol. The molecule has 0 fully saturated rings. The van der Waals surface area contributed by atoms with Crippen molar-refractivity contribution in [2.75, 3.05) is 0 Å². The van der Waals surface area contributed by atoms with E-state index in [1.807, 2.05) is 38.4 Å². The molecule has 0 radical (unpaired) electrons. The molecule has 18 heavy (non-hydrogen) atoms. The van der Waals surface area contributed by atoms with Gasteiger partial charge >= 0.3 is 0 Å². The van der Waals surface area contributed by atoms with E-state index >= 15 is 0 Å². The molecule has 88 valence electrons. The highest BCUT2D eigenvalue weighted by Crippen LogP contribution is 2.29. The number of hydrogen-bond donors (Lipinski definition) is 0. The fraction of sp³-hybridized carbons (Fsp3) is 0.125. The van der Waals surface area contributed by atoms with Gasteiger partial charge in [0.2, 0.25) is 0 Å². The van der Waals surface area contributed by atoms with Crippen LogP contribution in [0.1, 0.15) is 11.4 Å². The monoisotopic (exact) mass is 234 g/mol. The summed E-state index contributed by atoms with van der Waals surface area (Å²) >= 11 is 0. The molecule has 0 saturated heterocycles. The number of hydrogen-bond acceptors (Lipinski definition) is 2. The molecular formula is C16H14N2. The molecule has 3 rings (SSSR count). The lowest BCUT2D eigenvalue weighted by Crippen LogP contribution is -1.91. The van der Waals surface area contributed by atoms with Gasteiger partial charge in [-0.15, -0.1) is 0 Å². The van der Waals surface area contributed by atoms with Gasteiger partial charge in [-0.2, -0.15) is 0 Å². The predicted octanol–water partition coefficient (Wildman–Crippen LogP) is 3.91. The van der Waals surface area contributed by atoms with Crippen LogP contribution in [0.5, 0.6) is 0 Å². The van der Waals surface area contributed by atoms with Crippen LogP contribution in [0.2, 0.25) is 0 Å². The maximum absolute atomic E-state index is 4.48. The van der Waals surface area contributed by atoms with Crippen molar-refractivity contribution in [3.8, 4) is 11.1 Å². The number of benzene rings is 1. The van der Waals surface area contributed by atoms with E-state index in [1.165, 1.54) is 16.3 Å². The molecular weight excluding hydrogens is 220 g/mol. The number of aromatic nitrogens is 2. The van der Waals surface area contributed by atoms with Crippen LogP contribution in [-0.2, 0) is 0 Å². The minimum Gasteiger partial charge on any atom is -0.261 e. The highest BCUT2D eigenvalue weighted by Gasteiger charge is 2.08. The fourth-order valence-electron chi connectivity index (χ4n) is 2.24. The van der Waals surface area contributed by atoms with Gasteiger partial charge in [0, 0.05) is 40.3 Å². The molecule has 0 unspecified atom stereocenters. The number of nitrogens with zero attached hydrogens (tertiary/aromatic N) is 2. The van der Waals surface area contributed by atoms with Gasteiger partial charge < -0.3 is 0 Å². The first-order valence-electron chi connectivity index (χ1n) is 6.03. The summed E-state index contributed by atoms with van der Waals surface area (Å²) in [7, 11) is 0. The van der Waals surface area contributed by atoms with Crippen LogP contribution in [0.15, 0.2) is 48.8 Å². The van der Waals surface area contributed by atoms with Crippen LogP contribution < -0.4 is 0 Å². The first-order chi connectivity index (χ1) is 8.75. The van der Waals surface area contributed by atoms with E-state index in [1.54, 1.807) is 0 Å². The zero-order valence-corrected chi connectivity index (χ0v) is 10.5. The molecule has 0 atom stereocenters. The molecule has 0 aliphatic heterocycles. The number of fused-ring (bicyclic) bond motifs is 1. The minimum absolute atomic E-state index is 1.03. The van der Waals surface area contributed by atoms with Crippen LogP contribution in [-0.4, -0.2) is 9.97 Å². The molecule has 2 nitrogen and oxygen atoms in total. The standard InChI is InChI=1S/C16H14N2/c1-11-7-8-14(10-17-11)16-12(2)18-9-13-5-3-4-6-15(13)16/h3-10H,1-2H3. The highest BCUT2D eigenvalue weighted by atomic mass is 14.7. The Morgan fingerprint density at radius 1 is 0.833 bits per heavy atom. The van der Waals surface area contributed by atoms with E-state index in [4.69, 9.17) is 0 Å². The summed E-state index contributed by atoms with van der Waals surface area (Å²) in [5.74, 6) is 0. The van der Waals surface area contributed by atoms with Crippen LogP contribution in [0.3, 0.4) is 0 Å². The molecule has 0 aliphatic rings. The van der Waals surface area contributed by atoms with Gasteiger partial charge in [-0.1, -0.05) is 30.3 Å². The Hall–Kier alpha value is -2.22. The lowest BCUT2D eigenvalue weighted by Gasteiger charge is -2.09. The van der Waals surface area contributed by atoms with Crippen molar-refractivity contribution in [1.82, 2.24) is 9.97 Å². The molecule has 2 aromatic heterocycles. The number of pyridine rings is 2. The molecule has 0 aliphatic carbocycles. The summed E-state index contributed by atoms with van der Waals surface area (Å²) < 4.78 is 0. The zero-order chi connectivity index (χ0) is 12.5. The summed E-state index contributed by atoms with van der Waals surface area (Å²) in [6.45, 7) is 4.04. The maximum atomic E-state index is 4.48. The van der Waals surface area contributed by atoms with Gasteiger partial charge in [-0.25, -0.2) is 0 Å². The van der Waals surface area contributed by atoms with Crippen molar-refractivity contribution in [3.05, 3.63) is 60.2 Å². The smallest absolute Gasteiger partial charge is 0.0457 e. The van der Waals surface area contributed by atoms with Gasteiger partial charge in [0.25, 0.3) is 0 Å². The third-order valence-electron chi connectivity index (χ3n) is 3.19. The molecule has 2 heterocycles. The molecule has 0 saturated carbocycles. The summed E-state index contributed by atoms with van der Waals surface area (Å²) in [6.07, 6.45) is 3.85. The van der Waals surface area contributed by atoms with Crippen molar-refractivity contribution in [2.24, 2.45) is 0 Å². The van der Waals surface area contributed by atoms with Gasteiger partial charge in [0.05, 0.1) is 0 Å². The Morgan fingerprint density at radius 2 is 1.67 bits per heavy atom. The second kappa shape index (κ2) is 4.22.